The standard InChI is InChI=1S/C30H46O5/c1-5-6-7-8-9-10-11-12-13-14-15-16-17-18-19-20-21-22-26-27(24(3)31)28(33)23(2)30(29(26)34)35-25(4)32/h8-9H,5-7,10-22H2,1-4H3/b9-8+. The highest BCUT2D eigenvalue weighted by Crippen LogP contribution is 2.29. The van der Waals surface area contributed by atoms with E-state index in [4.69, 9.17) is 4.74 Å². The van der Waals surface area contributed by atoms with E-state index in [2.05, 4.69) is 19.1 Å². The molecule has 0 aromatic heterocycles. The van der Waals surface area contributed by atoms with Crippen LogP contribution in [0.15, 0.2) is 34.6 Å². The van der Waals surface area contributed by atoms with E-state index in [1.165, 1.54) is 91.4 Å². The maximum atomic E-state index is 12.8. The van der Waals surface area contributed by atoms with Gasteiger partial charge in [0.15, 0.2) is 17.3 Å². The van der Waals surface area contributed by atoms with E-state index in [0.717, 1.165) is 25.7 Å². The molecule has 35 heavy (non-hydrogen) atoms. The van der Waals surface area contributed by atoms with Crippen LogP contribution in [-0.4, -0.2) is 23.3 Å². The molecule has 0 saturated carbocycles. The van der Waals surface area contributed by atoms with Crippen molar-refractivity contribution in [3.63, 3.8) is 0 Å². The van der Waals surface area contributed by atoms with Crippen LogP contribution >= 0.6 is 0 Å². The van der Waals surface area contributed by atoms with Gasteiger partial charge in [-0.05, 0) is 46.0 Å². The minimum Gasteiger partial charge on any atom is -0.422 e. The number of carbonyl (C=O) groups is 4. The summed E-state index contributed by atoms with van der Waals surface area (Å²) in [5, 5.41) is 0. The molecule has 0 amide bonds. The Balaban J connectivity index is 2.22. The Morgan fingerprint density at radius 3 is 1.69 bits per heavy atom. The Labute approximate surface area is 212 Å². The average molecular weight is 487 g/mol. The fraction of sp³-hybridized carbons (Fsp3) is 0.667. The summed E-state index contributed by atoms with van der Waals surface area (Å²) >= 11 is 0. The molecule has 0 spiro atoms. The maximum Gasteiger partial charge on any atom is 0.308 e. The predicted octanol–water partition coefficient (Wildman–Crippen LogP) is 7.68. The lowest BCUT2D eigenvalue weighted by Crippen LogP contribution is -2.28. The third-order valence-corrected chi connectivity index (χ3v) is 6.48. The normalized spacial score (nSPS) is 14.4. The van der Waals surface area contributed by atoms with Gasteiger partial charge in [-0.1, -0.05) is 89.7 Å². The van der Waals surface area contributed by atoms with Gasteiger partial charge in [0.25, 0.3) is 0 Å². The molecule has 0 fully saturated rings. The van der Waals surface area contributed by atoms with Crippen molar-refractivity contribution in [1.82, 2.24) is 0 Å². The molecular formula is C30H46O5. The molecule has 1 aliphatic carbocycles. The van der Waals surface area contributed by atoms with E-state index in [-0.39, 0.29) is 22.5 Å². The number of ether oxygens (including phenoxy) is 1. The van der Waals surface area contributed by atoms with Crippen LogP contribution in [-0.2, 0) is 23.9 Å². The van der Waals surface area contributed by atoms with Gasteiger partial charge < -0.3 is 4.74 Å². The number of rotatable bonds is 19. The minimum atomic E-state index is -0.652. The number of hydrogen-bond donors (Lipinski definition) is 0. The summed E-state index contributed by atoms with van der Waals surface area (Å²) in [6.07, 6.45) is 23.0. The molecule has 5 nitrogen and oxygen atoms in total. The van der Waals surface area contributed by atoms with Crippen molar-refractivity contribution in [2.75, 3.05) is 0 Å². The number of carbonyl (C=O) groups excluding carboxylic acids is 4. The second kappa shape index (κ2) is 18.0. The van der Waals surface area contributed by atoms with E-state index in [1.807, 2.05) is 0 Å². The van der Waals surface area contributed by atoms with Gasteiger partial charge in [-0.25, -0.2) is 0 Å². The molecule has 0 bridgehead atoms. The highest BCUT2D eigenvalue weighted by atomic mass is 16.5. The van der Waals surface area contributed by atoms with Gasteiger partial charge in [-0.3, -0.25) is 19.2 Å². The molecule has 1 rings (SSSR count). The fourth-order valence-corrected chi connectivity index (χ4v) is 4.44. The molecule has 0 aliphatic heterocycles. The van der Waals surface area contributed by atoms with Crippen molar-refractivity contribution in [2.45, 2.75) is 130 Å². The molecule has 0 saturated heterocycles. The summed E-state index contributed by atoms with van der Waals surface area (Å²) in [5.74, 6) is -2.31. The molecule has 5 heteroatoms. The zero-order valence-electron chi connectivity index (χ0n) is 22.5. The van der Waals surface area contributed by atoms with E-state index < -0.39 is 23.3 Å². The van der Waals surface area contributed by atoms with Gasteiger partial charge in [-0.2, -0.15) is 0 Å². The molecule has 1 aliphatic rings. The summed E-state index contributed by atoms with van der Waals surface area (Å²) in [6.45, 7) is 6.14. The van der Waals surface area contributed by atoms with Crippen molar-refractivity contribution in [1.29, 1.82) is 0 Å². The van der Waals surface area contributed by atoms with Crippen LogP contribution in [0.2, 0.25) is 0 Å². The van der Waals surface area contributed by atoms with Crippen LogP contribution in [0.4, 0.5) is 0 Å². The summed E-state index contributed by atoms with van der Waals surface area (Å²) in [6, 6.07) is 0. The Kier molecular flexibility index (Phi) is 15.8. The van der Waals surface area contributed by atoms with Crippen molar-refractivity contribution in [3.05, 3.63) is 34.6 Å². The number of hydrogen-bond acceptors (Lipinski definition) is 5. The van der Waals surface area contributed by atoms with Crippen LogP contribution in [0.3, 0.4) is 0 Å². The van der Waals surface area contributed by atoms with E-state index >= 15 is 0 Å². The van der Waals surface area contributed by atoms with E-state index in [1.54, 1.807) is 0 Å². The van der Waals surface area contributed by atoms with Crippen LogP contribution < -0.4 is 0 Å². The largest absolute Gasteiger partial charge is 0.422 e. The molecule has 0 unspecified atom stereocenters. The summed E-state index contributed by atoms with van der Waals surface area (Å²) in [7, 11) is 0. The summed E-state index contributed by atoms with van der Waals surface area (Å²) < 4.78 is 5.00. The highest BCUT2D eigenvalue weighted by Gasteiger charge is 2.35. The molecular weight excluding hydrogens is 440 g/mol. The Morgan fingerprint density at radius 2 is 1.20 bits per heavy atom. The maximum absolute atomic E-state index is 12.8. The van der Waals surface area contributed by atoms with Crippen molar-refractivity contribution < 1.29 is 23.9 Å². The first-order chi connectivity index (χ1) is 16.8. The predicted molar refractivity (Wildman–Crippen MR) is 141 cm³/mol. The molecule has 0 aromatic carbocycles. The minimum absolute atomic E-state index is 0.0263. The topological polar surface area (TPSA) is 77.5 Å². The first-order valence-corrected chi connectivity index (χ1v) is 13.7. The van der Waals surface area contributed by atoms with E-state index in [0.29, 0.717) is 6.42 Å². The second-order valence-electron chi connectivity index (χ2n) is 9.66. The smallest absolute Gasteiger partial charge is 0.308 e. The number of Topliss-reactive ketones (excluding diaryl/α,β-unsaturated/α-hetero) is 3. The summed E-state index contributed by atoms with van der Waals surface area (Å²) in [4.78, 5) is 48.9. The average Bonchev–Trinajstić information content (AvgIpc) is 2.81. The van der Waals surface area contributed by atoms with Crippen LogP contribution in [0.25, 0.3) is 0 Å². The Bertz CT molecular complexity index is 813. The fourth-order valence-electron chi connectivity index (χ4n) is 4.44. The summed E-state index contributed by atoms with van der Waals surface area (Å²) in [5.41, 5.74) is 0.176. The van der Waals surface area contributed by atoms with Crippen molar-refractivity contribution >= 4 is 23.3 Å². The SMILES string of the molecule is CCCC/C=C/CCCCCCCCCCCCCC1=C(C(C)=O)C(=O)C(C)=C(OC(C)=O)C1=O. The molecule has 196 valence electrons. The van der Waals surface area contributed by atoms with Gasteiger partial charge >= 0.3 is 5.97 Å². The van der Waals surface area contributed by atoms with Gasteiger partial charge in [-0.15, -0.1) is 0 Å². The number of allylic oxidation sites excluding steroid dienone is 5. The lowest BCUT2D eigenvalue weighted by Gasteiger charge is -2.20. The Hall–Kier alpha value is -2.30. The number of ketones is 3. The molecule has 0 N–H and O–H groups in total. The Morgan fingerprint density at radius 1 is 0.714 bits per heavy atom. The monoisotopic (exact) mass is 486 g/mol. The van der Waals surface area contributed by atoms with Gasteiger partial charge in [0.2, 0.25) is 5.78 Å². The van der Waals surface area contributed by atoms with Crippen LogP contribution in [0.1, 0.15) is 130 Å². The van der Waals surface area contributed by atoms with Gasteiger partial charge in [0.1, 0.15) is 0 Å². The molecule has 0 aromatic rings. The first-order valence-electron chi connectivity index (χ1n) is 13.7. The first kappa shape index (κ1) is 30.7. The van der Waals surface area contributed by atoms with Crippen molar-refractivity contribution in [3.8, 4) is 0 Å². The second-order valence-corrected chi connectivity index (χ2v) is 9.66. The lowest BCUT2D eigenvalue weighted by atomic mass is 9.84. The van der Waals surface area contributed by atoms with Crippen molar-refractivity contribution in [2.24, 2.45) is 0 Å². The molecule has 0 heterocycles. The van der Waals surface area contributed by atoms with Crippen LogP contribution in [0.5, 0.6) is 0 Å². The quantitative estimate of drug-likeness (QED) is 0.0615. The van der Waals surface area contributed by atoms with Gasteiger partial charge in [0, 0.05) is 18.1 Å². The van der Waals surface area contributed by atoms with Gasteiger partial charge in [0.05, 0.1) is 5.57 Å². The molecule has 0 atom stereocenters. The number of esters is 1. The zero-order valence-corrected chi connectivity index (χ0v) is 22.5. The third kappa shape index (κ3) is 11.8. The van der Waals surface area contributed by atoms with Crippen LogP contribution in [0, 0.1) is 0 Å². The number of unbranched alkanes of at least 4 members (excludes halogenated alkanes) is 13. The van der Waals surface area contributed by atoms with E-state index in [9.17, 15) is 19.2 Å². The third-order valence-electron chi connectivity index (χ3n) is 6.48. The molecule has 0 radical (unpaired) electrons. The highest BCUT2D eigenvalue weighted by molar-refractivity contribution is 6.34. The lowest BCUT2D eigenvalue weighted by molar-refractivity contribution is -0.140. The zero-order chi connectivity index (χ0) is 26.1.